The average molecular weight is 141 g/mol. The van der Waals surface area contributed by atoms with Crippen LogP contribution in [0.1, 0.15) is 0 Å². The molecule has 0 atom stereocenters. The number of aromatic nitrogens is 3. The van der Waals surface area contributed by atoms with Gasteiger partial charge >= 0.3 is 6.03 Å². The molecule has 0 bridgehead atoms. The number of amides is 2. The first kappa shape index (κ1) is 6.53. The molecule has 0 spiro atoms. The lowest BCUT2D eigenvalue weighted by molar-refractivity contribution is 0.259. The Kier molecular flexibility index (Phi) is 1.53. The Morgan fingerprint density at radius 3 is 3.00 bits per heavy atom. The second-order valence-electron chi connectivity index (χ2n) is 1.70. The highest BCUT2D eigenvalue weighted by atomic mass is 16.2. The molecular formula is C4H7N5O. The van der Waals surface area contributed by atoms with Crippen molar-refractivity contribution in [1.82, 2.24) is 14.8 Å². The number of carbonyl (C=O) groups is 1. The molecule has 10 heavy (non-hydrogen) atoms. The first-order chi connectivity index (χ1) is 4.70. The summed E-state index contributed by atoms with van der Waals surface area (Å²) in [5, 5.41) is 5.99. The van der Waals surface area contributed by atoms with Crippen LogP contribution in [0.3, 0.4) is 0 Å². The largest absolute Gasteiger partial charge is 0.351 e. The van der Waals surface area contributed by atoms with Crippen LogP contribution in [0, 0.1) is 0 Å². The smallest absolute Gasteiger partial charge is 0.318 e. The molecule has 0 fully saturated rings. The number of hydrogen-bond acceptors (Lipinski definition) is 3. The summed E-state index contributed by atoms with van der Waals surface area (Å²) in [6.45, 7) is 0. The van der Waals surface area contributed by atoms with Crippen molar-refractivity contribution in [2.45, 2.75) is 0 Å². The Labute approximate surface area is 57.0 Å². The highest BCUT2D eigenvalue weighted by Gasteiger charge is 1.99. The zero-order valence-corrected chi connectivity index (χ0v) is 5.40. The van der Waals surface area contributed by atoms with Crippen molar-refractivity contribution in [3.05, 3.63) is 6.33 Å². The van der Waals surface area contributed by atoms with Gasteiger partial charge in [0.15, 0.2) is 0 Å². The van der Waals surface area contributed by atoms with E-state index in [0.717, 1.165) is 0 Å². The summed E-state index contributed by atoms with van der Waals surface area (Å²) in [5.74, 6) is 0.340. The van der Waals surface area contributed by atoms with Crippen LogP contribution in [0.2, 0.25) is 0 Å². The molecule has 0 saturated carbocycles. The number of anilines is 1. The molecule has 0 radical (unpaired) electrons. The average Bonchev–Trinajstić information content (AvgIpc) is 2.15. The summed E-state index contributed by atoms with van der Waals surface area (Å²) in [6.07, 6.45) is 1.32. The number of hydrogen-bond donors (Lipinski definition) is 2. The molecule has 0 aliphatic rings. The van der Waals surface area contributed by atoms with Gasteiger partial charge < -0.3 is 5.73 Å². The van der Waals surface area contributed by atoms with Crippen LogP contribution < -0.4 is 11.1 Å². The van der Waals surface area contributed by atoms with Gasteiger partial charge in [-0.3, -0.25) is 5.32 Å². The summed E-state index contributed by atoms with van der Waals surface area (Å²) in [7, 11) is 1.65. The Balaban J connectivity index is 2.74. The first-order valence-electron chi connectivity index (χ1n) is 2.60. The number of nitrogens with two attached hydrogens (primary N) is 1. The van der Waals surface area contributed by atoms with Crippen molar-refractivity contribution in [1.29, 1.82) is 0 Å². The Morgan fingerprint density at radius 2 is 2.60 bits per heavy atom. The maximum Gasteiger partial charge on any atom is 0.318 e. The second kappa shape index (κ2) is 2.34. The minimum atomic E-state index is -0.642. The number of aryl methyl sites for hydroxylation is 1. The summed E-state index contributed by atoms with van der Waals surface area (Å²) in [5.41, 5.74) is 4.82. The third-order valence-corrected chi connectivity index (χ3v) is 0.946. The summed E-state index contributed by atoms with van der Waals surface area (Å²) < 4.78 is 1.41. The van der Waals surface area contributed by atoms with Gasteiger partial charge in [-0.05, 0) is 0 Å². The van der Waals surface area contributed by atoms with Crippen LogP contribution in [0.5, 0.6) is 0 Å². The van der Waals surface area contributed by atoms with Crippen LogP contribution >= 0.6 is 0 Å². The van der Waals surface area contributed by atoms with Crippen molar-refractivity contribution in [3.63, 3.8) is 0 Å². The molecule has 0 aromatic carbocycles. The van der Waals surface area contributed by atoms with E-state index in [2.05, 4.69) is 15.4 Å². The number of nitrogens with zero attached hydrogens (tertiary/aromatic N) is 3. The van der Waals surface area contributed by atoms with Crippen molar-refractivity contribution in [2.75, 3.05) is 5.32 Å². The molecule has 1 rings (SSSR count). The molecule has 6 nitrogen and oxygen atoms in total. The van der Waals surface area contributed by atoms with Gasteiger partial charge in [0.2, 0.25) is 5.95 Å². The number of nitrogens with one attached hydrogen (secondary N) is 1. The predicted octanol–water partition coefficient (Wildman–Crippen LogP) is -0.694. The fraction of sp³-hybridized carbons (Fsp3) is 0.250. The van der Waals surface area contributed by atoms with E-state index < -0.39 is 6.03 Å². The van der Waals surface area contributed by atoms with Crippen LogP contribution in [-0.2, 0) is 7.05 Å². The topological polar surface area (TPSA) is 85.8 Å². The van der Waals surface area contributed by atoms with E-state index in [1.54, 1.807) is 7.05 Å². The molecule has 1 heterocycles. The van der Waals surface area contributed by atoms with E-state index in [1.165, 1.54) is 11.0 Å². The van der Waals surface area contributed by atoms with Gasteiger partial charge in [0.05, 0.1) is 0 Å². The number of primary amides is 1. The lowest BCUT2D eigenvalue weighted by Crippen LogP contribution is -2.21. The van der Waals surface area contributed by atoms with Crippen LogP contribution in [0.4, 0.5) is 10.7 Å². The normalized spacial score (nSPS) is 9.30. The molecule has 0 saturated heterocycles. The van der Waals surface area contributed by atoms with E-state index in [1.807, 2.05) is 0 Å². The van der Waals surface area contributed by atoms with Gasteiger partial charge in [-0.1, -0.05) is 0 Å². The lowest BCUT2D eigenvalue weighted by atomic mass is 10.9. The monoisotopic (exact) mass is 141 g/mol. The molecule has 2 amide bonds. The SMILES string of the molecule is Cn1ncnc1NC(N)=O. The first-order valence-corrected chi connectivity index (χ1v) is 2.60. The standard InChI is InChI=1S/C4H7N5O/c1-9-4(6-2-7-9)8-3(5)10/h2H,1H3,(H3,5,6,7,8,10). The summed E-state index contributed by atoms with van der Waals surface area (Å²) in [6, 6.07) is -0.642. The van der Waals surface area contributed by atoms with E-state index in [-0.39, 0.29) is 0 Å². The highest BCUT2D eigenvalue weighted by Crippen LogP contribution is 1.94. The summed E-state index contributed by atoms with van der Waals surface area (Å²) in [4.78, 5) is 13.9. The fourth-order valence-electron chi connectivity index (χ4n) is 0.520. The molecule has 54 valence electrons. The lowest BCUT2D eigenvalue weighted by Gasteiger charge is -1.96. The van der Waals surface area contributed by atoms with E-state index in [0.29, 0.717) is 5.95 Å². The Hall–Kier alpha value is -1.59. The van der Waals surface area contributed by atoms with Gasteiger partial charge in [-0.2, -0.15) is 10.1 Å². The fourth-order valence-corrected chi connectivity index (χ4v) is 0.520. The third-order valence-electron chi connectivity index (χ3n) is 0.946. The molecule has 6 heteroatoms. The molecule has 1 aromatic rings. The molecule has 0 aliphatic heterocycles. The van der Waals surface area contributed by atoms with Gasteiger partial charge in [-0.15, -0.1) is 0 Å². The van der Waals surface area contributed by atoms with Gasteiger partial charge in [0.25, 0.3) is 0 Å². The number of rotatable bonds is 1. The highest BCUT2D eigenvalue weighted by molar-refractivity contribution is 5.85. The third kappa shape index (κ3) is 1.22. The van der Waals surface area contributed by atoms with Crippen molar-refractivity contribution >= 4 is 12.0 Å². The maximum absolute atomic E-state index is 10.2. The number of carbonyl (C=O) groups excluding carboxylic acids is 1. The number of urea groups is 1. The van der Waals surface area contributed by atoms with Crippen LogP contribution in [0.15, 0.2) is 6.33 Å². The molecule has 0 unspecified atom stereocenters. The maximum atomic E-state index is 10.2. The van der Waals surface area contributed by atoms with Crippen molar-refractivity contribution in [2.24, 2.45) is 12.8 Å². The van der Waals surface area contributed by atoms with Gasteiger partial charge in [-0.25, -0.2) is 9.48 Å². The Morgan fingerprint density at radius 1 is 1.90 bits per heavy atom. The molecule has 3 N–H and O–H groups in total. The zero-order chi connectivity index (χ0) is 7.56. The molecular weight excluding hydrogens is 134 g/mol. The van der Waals surface area contributed by atoms with Crippen molar-refractivity contribution in [3.8, 4) is 0 Å². The Bertz CT molecular complexity index is 242. The minimum Gasteiger partial charge on any atom is -0.351 e. The van der Waals surface area contributed by atoms with E-state index >= 15 is 0 Å². The zero-order valence-electron chi connectivity index (χ0n) is 5.40. The van der Waals surface area contributed by atoms with E-state index in [9.17, 15) is 4.79 Å². The van der Waals surface area contributed by atoms with Crippen LogP contribution in [-0.4, -0.2) is 20.8 Å². The van der Waals surface area contributed by atoms with Gasteiger partial charge in [0, 0.05) is 7.05 Å². The molecule has 1 aromatic heterocycles. The predicted molar refractivity (Wildman–Crippen MR) is 34.2 cm³/mol. The van der Waals surface area contributed by atoms with Crippen molar-refractivity contribution < 1.29 is 4.79 Å². The van der Waals surface area contributed by atoms with Gasteiger partial charge in [0.1, 0.15) is 6.33 Å². The second-order valence-corrected chi connectivity index (χ2v) is 1.70. The molecule has 0 aliphatic carbocycles. The summed E-state index contributed by atoms with van der Waals surface area (Å²) >= 11 is 0. The van der Waals surface area contributed by atoms with E-state index in [4.69, 9.17) is 5.73 Å². The van der Waals surface area contributed by atoms with Crippen LogP contribution in [0.25, 0.3) is 0 Å². The minimum absolute atomic E-state index is 0.340. The quantitative estimate of drug-likeness (QED) is 0.542.